The van der Waals surface area contributed by atoms with E-state index in [-0.39, 0.29) is 22.0 Å². The van der Waals surface area contributed by atoms with Crippen LogP contribution in [-0.4, -0.2) is 24.1 Å². The molecule has 0 fully saturated rings. The number of nitrogens with zero attached hydrogens (tertiary/aromatic N) is 2. The van der Waals surface area contributed by atoms with Crippen LogP contribution in [0.4, 0.5) is 11.5 Å². The van der Waals surface area contributed by atoms with Gasteiger partial charge in [0.1, 0.15) is 11.5 Å². The average molecular weight is 324 g/mol. The zero-order valence-corrected chi connectivity index (χ0v) is 14.1. The Hall–Kier alpha value is -2.09. The molecular weight excluding hydrogens is 304 g/mol. The molecule has 0 aliphatic carbocycles. The molecule has 0 amide bonds. The van der Waals surface area contributed by atoms with Crippen LogP contribution >= 0.6 is 0 Å². The van der Waals surface area contributed by atoms with Crippen LogP contribution in [0.3, 0.4) is 0 Å². The van der Waals surface area contributed by atoms with Gasteiger partial charge in [-0.1, -0.05) is 5.16 Å². The van der Waals surface area contributed by atoms with E-state index in [4.69, 9.17) is 4.52 Å². The highest BCUT2D eigenvalue weighted by Gasteiger charge is 2.24. The molecule has 2 aromatic heterocycles. The van der Waals surface area contributed by atoms with E-state index < -0.39 is 10.0 Å². The van der Waals surface area contributed by atoms with Crippen LogP contribution in [0, 0.1) is 13.8 Å². The number of rotatable bonds is 4. The maximum Gasteiger partial charge on any atom is 0.268 e. The van der Waals surface area contributed by atoms with Crippen molar-refractivity contribution in [2.24, 2.45) is 0 Å². The maximum atomic E-state index is 12.4. The number of hydrogen-bond acceptors (Lipinski definition) is 6. The van der Waals surface area contributed by atoms with Gasteiger partial charge in [-0.05, 0) is 46.8 Å². The van der Waals surface area contributed by atoms with Gasteiger partial charge in [0.25, 0.3) is 10.0 Å². The van der Waals surface area contributed by atoms with Gasteiger partial charge >= 0.3 is 0 Å². The predicted molar refractivity (Wildman–Crippen MR) is 84.4 cm³/mol. The Labute approximate surface area is 130 Å². The molecule has 2 heterocycles. The lowest BCUT2D eigenvalue weighted by Gasteiger charge is -2.21. The van der Waals surface area contributed by atoms with Gasteiger partial charge in [-0.15, -0.1) is 0 Å². The molecule has 0 aliphatic heterocycles. The lowest BCUT2D eigenvalue weighted by Crippen LogP contribution is -2.26. The maximum absolute atomic E-state index is 12.4. The fraction of sp³-hybridized carbons (Fsp3) is 0.429. The van der Waals surface area contributed by atoms with Crippen LogP contribution in [-0.2, 0) is 10.0 Å². The molecule has 0 aromatic carbocycles. The summed E-state index contributed by atoms with van der Waals surface area (Å²) >= 11 is 0. The standard InChI is InChI=1S/C14H20N4O3S/c1-9-13(10(2)21-17-9)22(19,20)18-12-7-6-11(8-15-12)16-14(3,4)5/h6-8,16H,1-5H3,(H,15,18). The quantitative estimate of drug-likeness (QED) is 0.897. The molecule has 2 aromatic rings. The van der Waals surface area contributed by atoms with Gasteiger partial charge in [-0.3, -0.25) is 4.72 Å². The SMILES string of the molecule is Cc1noc(C)c1S(=O)(=O)Nc1ccc(NC(C)(C)C)cn1. The molecule has 0 saturated heterocycles. The minimum Gasteiger partial charge on any atom is -0.379 e. The fourth-order valence-electron chi connectivity index (χ4n) is 2.01. The van der Waals surface area contributed by atoms with Crippen molar-refractivity contribution in [2.75, 3.05) is 10.0 Å². The first-order chi connectivity index (χ1) is 10.1. The Morgan fingerprint density at radius 1 is 1.18 bits per heavy atom. The van der Waals surface area contributed by atoms with Gasteiger partial charge in [0.05, 0.1) is 11.9 Å². The molecule has 7 nitrogen and oxygen atoms in total. The van der Waals surface area contributed by atoms with E-state index in [1.807, 2.05) is 20.8 Å². The zero-order chi connectivity index (χ0) is 16.5. The number of aryl methyl sites for hydroxylation is 2. The molecule has 0 bridgehead atoms. The van der Waals surface area contributed by atoms with E-state index in [0.717, 1.165) is 5.69 Å². The Kier molecular flexibility index (Phi) is 4.15. The average Bonchev–Trinajstić information content (AvgIpc) is 2.70. The fourth-order valence-corrected chi connectivity index (χ4v) is 3.35. The molecule has 8 heteroatoms. The monoisotopic (exact) mass is 324 g/mol. The summed E-state index contributed by atoms with van der Waals surface area (Å²) in [5, 5.41) is 6.91. The summed E-state index contributed by atoms with van der Waals surface area (Å²) in [5.41, 5.74) is 1.03. The highest BCUT2D eigenvalue weighted by Crippen LogP contribution is 2.22. The molecule has 0 spiro atoms. The minimum absolute atomic E-state index is 0.0474. The summed E-state index contributed by atoms with van der Waals surface area (Å²) in [4.78, 5) is 4.16. The number of aromatic nitrogens is 2. The van der Waals surface area contributed by atoms with E-state index in [9.17, 15) is 8.42 Å². The first-order valence-corrected chi connectivity index (χ1v) is 8.27. The number of sulfonamides is 1. The molecule has 22 heavy (non-hydrogen) atoms. The number of pyridine rings is 1. The highest BCUT2D eigenvalue weighted by atomic mass is 32.2. The zero-order valence-electron chi connectivity index (χ0n) is 13.3. The van der Waals surface area contributed by atoms with Crippen molar-refractivity contribution >= 4 is 21.5 Å². The van der Waals surface area contributed by atoms with E-state index >= 15 is 0 Å². The molecule has 120 valence electrons. The van der Waals surface area contributed by atoms with E-state index in [1.54, 1.807) is 32.2 Å². The second-order valence-corrected chi connectivity index (χ2v) is 7.69. The molecular formula is C14H20N4O3S. The second kappa shape index (κ2) is 5.60. The third-order valence-electron chi connectivity index (χ3n) is 2.76. The van der Waals surface area contributed by atoms with Crippen molar-refractivity contribution in [3.63, 3.8) is 0 Å². The van der Waals surface area contributed by atoms with Crippen molar-refractivity contribution in [3.05, 3.63) is 29.8 Å². The van der Waals surface area contributed by atoms with E-state index in [1.165, 1.54) is 0 Å². The Balaban J connectivity index is 2.21. The lowest BCUT2D eigenvalue weighted by molar-refractivity contribution is 0.390. The van der Waals surface area contributed by atoms with Gasteiger partial charge < -0.3 is 9.84 Å². The van der Waals surface area contributed by atoms with Crippen LogP contribution in [0.1, 0.15) is 32.2 Å². The third kappa shape index (κ3) is 3.76. The van der Waals surface area contributed by atoms with Gasteiger partial charge in [0.15, 0.2) is 10.7 Å². The normalized spacial score (nSPS) is 12.2. The molecule has 0 unspecified atom stereocenters. The van der Waals surface area contributed by atoms with Crippen molar-refractivity contribution < 1.29 is 12.9 Å². The minimum atomic E-state index is -3.77. The summed E-state index contributed by atoms with van der Waals surface area (Å²) in [6.07, 6.45) is 1.58. The van der Waals surface area contributed by atoms with E-state index in [2.05, 4.69) is 20.2 Å². The van der Waals surface area contributed by atoms with E-state index in [0.29, 0.717) is 5.69 Å². The molecule has 0 aliphatic rings. The van der Waals surface area contributed by atoms with Crippen molar-refractivity contribution in [1.29, 1.82) is 0 Å². The molecule has 2 rings (SSSR count). The molecule has 0 radical (unpaired) electrons. The van der Waals surface area contributed by atoms with Gasteiger partial charge in [0.2, 0.25) is 0 Å². The number of nitrogens with one attached hydrogen (secondary N) is 2. The Morgan fingerprint density at radius 3 is 2.32 bits per heavy atom. The summed E-state index contributed by atoms with van der Waals surface area (Å²) < 4.78 is 32.0. The predicted octanol–water partition coefficient (Wildman–Crippen LogP) is 2.70. The third-order valence-corrected chi connectivity index (χ3v) is 4.36. The number of hydrogen-bond donors (Lipinski definition) is 2. The van der Waals surface area contributed by atoms with Gasteiger partial charge in [-0.2, -0.15) is 0 Å². The summed E-state index contributed by atoms with van der Waals surface area (Å²) in [6.45, 7) is 9.22. The second-order valence-electron chi connectivity index (χ2n) is 6.07. The Bertz CT molecular complexity index is 739. The van der Waals surface area contributed by atoms with Crippen LogP contribution in [0.15, 0.2) is 27.7 Å². The van der Waals surface area contributed by atoms with Crippen molar-refractivity contribution in [1.82, 2.24) is 10.1 Å². The first-order valence-electron chi connectivity index (χ1n) is 6.78. The first kappa shape index (κ1) is 16.3. The van der Waals surface area contributed by atoms with Crippen LogP contribution < -0.4 is 10.0 Å². The van der Waals surface area contributed by atoms with Crippen LogP contribution in [0.25, 0.3) is 0 Å². The Morgan fingerprint density at radius 2 is 1.86 bits per heavy atom. The highest BCUT2D eigenvalue weighted by molar-refractivity contribution is 7.92. The van der Waals surface area contributed by atoms with Crippen molar-refractivity contribution in [2.45, 2.75) is 45.1 Å². The summed E-state index contributed by atoms with van der Waals surface area (Å²) in [5.74, 6) is 0.482. The van der Waals surface area contributed by atoms with Crippen LogP contribution in [0.2, 0.25) is 0 Å². The molecule has 2 N–H and O–H groups in total. The smallest absolute Gasteiger partial charge is 0.268 e. The topological polar surface area (TPSA) is 97.1 Å². The van der Waals surface area contributed by atoms with Crippen molar-refractivity contribution in [3.8, 4) is 0 Å². The van der Waals surface area contributed by atoms with Gasteiger partial charge in [-0.25, -0.2) is 13.4 Å². The summed E-state index contributed by atoms with van der Waals surface area (Å²) in [6, 6.07) is 3.37. The van der Waals surface area contributed by atoms with Crippen LogP contribution in [0.5, 0.6) is 0 Å². The number of anilines is 2. The van der Waals surface area contributed by atoms with Gasteiger partial charge in [0, 0.05) is 5.54 Å². The lowest BCUT2D eigenvalue weighted by atomic mass is 10.1. The largest absolute Gasteiger partial charge is 0.379 e. The summed E-state index contributed by atoms with van der Waals surface area (Å²) in [7, 11) is -3.77. The molecule has 0 atom stereocenters. The molecule has 0 saturated carbocycles.